The van der Waals surface area contributed by atoms with Gasteiger partial charge >= 0.3 is 0 Å². The maximum Gasteiger partial charge on any atom is 0.274 e. The second kappa shape index (κ2) is 11.3. The number of ether oxygens (including phenoxy) is 2. The summed E-state index contributed by atoms with van der Waals surface area (Å²) in [6, 6.07) is 5.62. The molecule has 1 aromatic heterocycles. The molecule has 0 spiro atoms. The Morgan fingerprint density at radius 3 is 2.81 bits per heavy atom. The van der Waals surface area contributed by atoms with Crippen molar-refractivity contribution < 1.29 is 19.4 Å². The highest BCUT2D eigenvalue weighted by Crippen LogP contribution is 2.31. The Labute approximate surface area is 212 Å². The number of methoxy groups -OCH3 is 1. The monoisotopic (exact) mass is 488 g/mol. The summed E-state index contributed by atoms with van der Waals surface area (Å²) in [5.74, 6) is -0.517. The van der Waals surface area contributed by atoms with E-state index in [1.54, 1.807) is 32.2 Å². The highest BCUT2D eigenvalue weighted by molar-refractivity contribution is 5.94. The van der Waals surface area contributed by atoms with E-state index >= 15 is 0 Å². The van der Waals surface area contributed by atoms with Crippen LogP contribution in [-0.4, -0.2) is 48.3 Å². The number of rotatable bonds is 8. The van der Waals surface area contributed by atoms with E-state index in [9.17, 15) is 15.2 Å². The van der Waals surface area contributed by atoms with Gasteiger partial charge in [-0.15, -0.1) is 0 Å². The van der Waals surface area contributed by atoms with Crippen LogP contribution in [0.15, 0.2) is 82.3 Å². The number of hydrogen-bond donors (Lipinski definition) is 2. The van der Waals surface area contributed by atoms with Crippen LogP contribution in [-0.2, 0) is 14.9 Å². The maximum atomic E-state index is 12.9. The molecule has 8 nitrogen and oxygen atoms in total. The van der Waals surface area contributed by atoms with Crippen LogP contribution in [0.1, 0.15) is 43.7 Å². The van der Waals surface area contributed by atoms with Crippen LogP contribution < -0.4 is 5.32 Å². The predicted octanol–water partition coefficient (Wildman–Crippen LogP) is 3.89. The Kier molecular flexibility index (Phi) is 8.41. The molecule has 2 aliphatic rings. The third-order valence-electron chi connectivity index (χ3n) is 6.28. The molecule has 8 heteroatoms. The van der Waals surface area contributed by atoms with Gasteiger partial charge in [0, 0.05) is 24.0 Å². The summed E-state index contributed by atoms with van der Waals surface area (Å²) >= 11 is 0. The number of hydrogen-bond acceptors (Lipinski definition) is 7. The molecule has 1 unspecified atom stereocenters. The number of allylic oxidation sites excluding steroid dienone is 7. The lowest BCUT2D eigenvalue weighted by molar-refractivity contribution is -0.154. The molecule has 3 rings (SSSR count). The van der Waals surface area contributed by atoms with Crippen LogP contribution in [0.5, 0.6) is 0 Å². The van der Waals surface area contributed by atoms with Crippen molar-refractivity contribution in [2.45, 2.75) is 38.7 Å². The van der Waals surface area contributed by atoms with Gasteiger partial charge in [-0.1, -0.05) is 23.8 Å². The first-order chi connectivity index (χ1) is 17.1. The van der Waals surface area contributed by atoms with E-state index in [0.717, 1.165) is 22.3 Å². The Balaban J connectivity index is 1.83. The first kappa shape index (κ1) is 26.8. The Hall–Kier alpha value is -3.80. The Bertz CT molecular complexity index is 1220. The molecule has 1 aliphatic carbocycles. The van der Waals surface area contributed by atoms with E-state index in [2.05, 4.69) is 21.4 Å². The summed E-state index contributed by atoms with van der Waals surface area (Å²) in [5, 5.41) is 23.0. The molecule has 0 radical (unpaired) electrons. The van der Waals surface area contributed by atoms with Crippen molar-refractivity contribution in [2.24, 2.45) is 10.9 Å². The van der Waals surface area contributed by atoms with E-state index in [4.69, 9.17) is 9.47 Å². The molecule has 1 aliphatic heterocycles. The maximum absolute atomic E-state index is 12.9. The zero-order valence-corrected chi connectivity index (χ0v) is 21.3. The summed E-state index contributed by atoms with van der Waals surface area (Å²) in [7, 11) is 1.52. The molecule has 2 heterocycles. The number of carbonyl (C=O) groups excluding carboxylic acids is 1. The van der Waals surface area contributed by atoms with E-state index < -0.39 is 11.0 Å². The molecule has 1 saturated heterocycles. The van der Waals surface area contributed by atoms with Gasteiger partial charge in [-0.2, -0.15) is 5.26 Å². The lowest BCUT2D eigenvalue weighted by Gasteiger charge is -2.37. The normalized spacial score (nSPS) is 20.1. The van der Waals surface area contributed by atoms with Gasteiger partial charge in [-0.05, 0) is 68.7 Å². The standard InChI is InChI=1S/C28H32N4O4/c1-19-6-7-23(32-26(33)25-13-22(10-11-31-25)27(3,4)15-29)8-9-24(19)21(14-30-18-35-5)12-20(2)28(34)16-36-17-28/h6-14,18,24,34H,16-17H2,1-5H3,(H,32,33)/b20-12+,21-14+,30-18+. The molecule has 0 aromatic carbocycles. The largest absolute Gasteiger partial charge is 0.486 e. The van der Waals surface area contributed by atoms with E-state index in [1.807, 2.05) is 44.2 Å². The van der Waals surface area contributed by atoms with Gasteiger partial charge in [-0.25, -0.2) is 4.99 Å². The minimum Gasteiger partial charge on any atom is -0.486 e. The number of nitrogens with one attached hydrogen (secondary N) is 1. The smallest absolute Gasteiger partial charge is 0.274 e. The van der Waals surface area contributed by atoms with Gasteiger partial charge in [0.2, 0.25) is 0 Å². The van der Waals surface area contributed by atoms with Gasteiger partial charge in [0.25, 0.3) is 5.91 Å². The molecule has 188 valence electrons. The number of aliphatic hydroxyl groups is 1. The summed E-state index contributed by atoms with van der Waals surface area (Å²) in [6.45, 7) is 7.97. The van der Waals surface area contributed by atoms with Crippen LogP contribution in [0, 0.1) is 17.2 Å². The number of carbonyl (C=O) groups is 1. The van der Waals surface area contributed by atoms with Gasteiger partial charge in [0.15, 0.2) is 6.40 Å². The number of nitrogens with zero attached hydrogens (tertiary/aromatic N) is 3. The number of aliphatic imine (C=N–C) groups is 1. The van der Waals surface area contributed by atoms with Crippen molar-refractivity contribution in [2.75, 3.05) is 20.3 Å². The lowest BCUT2D eigenvalue weighted by atomic mass is 9.86. The molecule has 1 aromatic rings. The van der Waals surface area contributed by atoms with Gasteiger partial charge in [0.1, 0.15) is 11.3 Å². The first-order valence-corrected chi connectivity index (χ1v) is 11.6. The number of aromatic nitrogens is 1. The quantitative estimate of drug-likeness (QED) is 0.326. The minimum absolute atomic E-state index is 0.151. The zero-order chi connectivity index (χ0) is 26.3. The fourth-order valence-corrected chi connectivity index (χ4v) is 3.68. The van der Waals surface area contributed by atoms with Crippen molar-refractivity contribution in [3.05, 3.63) is 88.6 Å². The summed E-state index contributed by atoms with van der Waals surface area (Å²) in [4.78, 5) is 21.3. The van der Waals surface area contributed by atoms with E-state index in [1.165, 1.54) is 19.7 Å². The molecular formula is C28H32N4O4. The van der Waals surface area contributed by atoms with E-state index in [-0.39, 0.29) is 30.7 Å². The van der Waals surface area contributed by atoms with Crippen molar-refractivity contribution in [1.29, 1.82) is 5.26 Å². The molecule has 36 heavy (non-hydrogen) atoms. The molecule has 1 atom stereocenters. The molecule has 2 N–H and O–H groups in total. The topological polar surface area (TPSA) is 117 Å². The van der Waals surface area contributed by atoms with Gasteiger partial charge < -0.3 is 19.9 Å². The van der Waals surface area contributed by atoms with Crippen molar-refractivity contribution in [3.8, 4) is 6.07 Å². The minimum atomic E-state index is -0.977. The molecule has 0 bridgehead atoms. The number of nitriles is 1. The molecular weight excluding hydrogens is 456 g/mol. The van der Waals surface area contributed by atoms with Crippen LogP contribution in [0.2, 0.25) is 0 Å². The Morgan fingerprint density at radius 1 is 1.42 bits per heavy atom. The average Bonchev–Trinajstić information content (AvgIpc) is 3.03. The zero-order valence-electron chi connectivity index (χ0n) is 21.3. The van der Waals surface area contributed by atoms with Crippen molar-refractivity contribution in [1.82, 2.24) is 10.3 Å². The molecule has 1 amide bonds. The van der Waals surface area contributed by atoms with Crippen molar-refractivity contribution >= 4 is 12.3 Å². The third kappa shape index (κ3) is 6.25. The fourth-order valence-electron chi connectivity index (χ4n) is 3.68. The molecule has 0 saturated carbocycles. The second-order valence-corrected chi connectivity index (χ2v) is 9.46. The summed E-state index contributed by atoms with van der Waals surface area (Å²) < 4.78 is 10.1. The van der Waals surface area contributed by atoms with Crippen LogP contribution >= 0.6 is 0 Å². The fraction of sp³-hybridized carbons (Fsp3) is 0.357. The first-order valence-electron chi connectivity index (χ1n) is 11.6. The predicted molar refractivity (Wildman–Crippen MR) is 138 cm³/mol. The lowest BCUT2D eigenvalue weighted by Crippen LogP contribution is -2.50. The summed E-state index contributed by atoms with van der Waals surface area (Å²) in [6.07, 6.45) is 14.0. The SMILES string of the molecule is CO/C=N/C=C(\C=C(/C)C1(O)COC1)C1C=CC(NC(=O)c2cc(C(C)(C)C#N)ccn2)=CC=C1C. The van der Waals surface area contributed by atoms with E-state index in [0.29, 0.717) is 5.70 Å². The highest BCUT2D eigenvalue weighted by Gasteiger charge is 2.38. The number of pyridine rings is 1. The van der Waals surface area contributed by atoms with Crippen LogP contribution in [0.25, 0.3) is 0 Å². The second-order valence-electron chi connectivity index (χ2n) is 9.46. The van der Waals surface area contributed by atoms with Crippen LogP contribution in [0.4, 0.5) is 0 Å². The highest BCUT2D eigenvalue weighted by atomic mass is 16.5. The van der Waals surface area contributed by atoms with Gasteiger partial charge in [0.05, 0.1) is 31.8 Å². The third-order valence-corrected chi connectivity index (χ3v) is 6.28. The number of amides is 1. The Morgan fingerprint density at radius 2 is 2.17 bits per heavy atom. The average molecular weight is 489 g/mol. The molecule has 1 fully saturated rings. The van der Waals surface area contributed by atoms with Gasteiger partial charge in [-0.3, -0.25) is 9.78 Å². The van der Waals surface area contributed by atoms with Crippen molar-refractivity contribution in [3.63, 3.8) is 0 Å². The van der Waals surface area contributed by atoms with Crippen LogP contribution in [0.3, 0.4) is 0 Å². The summed E-state index contributed by atoms with van der Waals surface area (Å²) in [5.41, 5.74) is 2.49.